The maximum Gasteiger partial charge on any atom is 0.136 e. The fourth-order valence-electron chi connectivity index (χ4n) is 2.87. The van der Waals surface area contributed by atoms with Gasteiger partial charge in [-0.25, -0.2) is 4.98 Å². The van der Waals surface area contributed by atoms with Crippen molar-refractivity contribution in [2.75, 3.05) is 6.54 Å². The SMILES string of the molecule is CC(C)(C)C1CC(c2cnc3ccccn23)CN1. The van der Waals surface area contributed by atoms with E-state index in [1.54, 1.807) is 0 Å². The van der Waals surface area contributed by atoms with Gasteiger partial charge in [0.05, 0.1) is 0 Å². The Balaban J connectivity index is 1.89. The zero-order valence-corrected chi connectivity index (χ0v) is 11.4. The Bertz CT molecular complexity index is 550. The second kappa shape index (κ2) is 4.09. The summed E-state index contributed by atoms with van der Waals surface area (Å²) in [5.41, 5.74) is 2.71. The van der Waals surface area contributed by atoms with E-state index in [1.807, 2.05) is 12.3 Å². The lowest BCUT2D eigenvalue weighted by Crippen LogP contribution is -2.34. The second-order valence-corrected chi connectivity index (χ2v) is 6.37. The van der Waals surface area contributed by atoms with E-state index >= 15 is 0 Å². The Morgan fingerprint density at radius 3 is 2.89 bits per heavy atom. The van der Waals surface area contributed by atoms with Gasteiger partial charge in [0.15, 0.2) is 0 Å². The molecular formula is C15H21N3. The summed E-state index contributed by atoms with van der Waals surface area (Å²) in [7, 11) is 0. The number of nitrogens with one attached hydrogen (secondary N) is 1. The summed E-state index contributed by atoms with van der Waals surface area (Å²) >= 11 is 0. The first-order valence-electron chi connectivity index (χ1n) is 6.71. The number of rotatable bonds is 1. The third-order valence-corrected chi connectivity index (χ3v) is 4.04. The first kappa shape index (κ1) is 11.7. The van der Waals surface area contributed by atoms with Crippen molar-refractivity contribution in [2.45, 2.75) is 39.2 Å². The van der Waals surface area contributed by atoms with E-state index in [0.29, 0.717) is 17.4 Å². The van der Waals surface area contributed by atoms with Gasteiger partial charge in [0.1, 0.15) is 5.65 Å². The zero-order valence-electron chi connectivity index (χ0n) is 11.4. The quantitative estimate of drug-likeness (QED) is 0.834. The van der Waals surface area contributed by atoms with Gasteiger partial charge in [-0.1, -0.05) is 26.8 Å². The Labute approximate surface area is 108 Å². The zero-order chi connectivity index (χ0) is 12.8. The Hall–Kier alpha value is -1.35. The van der Waals surface area contributed by atoms with Crippen molar-refractivity contribution in [2.24, 2.45) is 5.41 Å². The van der Waals surface area contributed by atoms with E-state index in [-0.39, 0.29) is 0 Å². The molecule has 0 saturated carbocycles. The first-order chi connectivity index (χ1) is 8.55. The van der Waals surface area contributed by atoms with Crippen molar-refractivity contribution < 1.29 is 0 Å². The summed E-state index contributed by atoms with van der Waals surface area (Å²) in [6, 6.07) is 6.77. The van der Waals surface area contributed by atoms with Gasteiger partial charge >= 0.3 is 0 Å². The van der Waals surface area contributed by atoms with E-state index in [1.165, 1.54) is 12.1 Å². The number of nitrogens with zero attached hydrogens (tertiary/aromatic N) is 2. The summed E-state index contributed by atoms with van der Waals surface area (Å²) in [6.07, 6.45) is 5.35. The average molecular weight is 243 g/mol. The highest BCUT2D eigenvalue weighted by atomic mass is 15.0. The molecule has 0 aliphatic carbocycles. The molecule has 3 nitrogen and oxygen atoms in total. The van der Waals surface area contributed by atoms with Crippen LogP contribution in [0.15, 0.2) is 30.6 Å². The molecule has 18 heavy (non-hydrogen) atoms. The fourth-order valence-corrected chi connectivity index (χ4v) is 2.87. The molecule has 0 radical (unpaired) electrons. The van der Waals surface area contributed by atoms with Crippen molar-refractivity contribution in [1.29, 1.82) is 0 Å². The highest BCUT2D eigenvalue weighted by Gasteiger charge is 2.34. The van der Waals surface area contributed by atoms with Crippen molar-refractivity contribution in [3.8, 4) is 0 Å². The van der Waals surface area contributed by atoms with E-state index in [9.17, 15) is 0 Å². The molecule has 0 aromatic carbocycles. The first-order valence-corrected chi connectivity index (χ1v) is 6.71. The Morgan fingerprint density at radius 2 is 2.17 bits per heavy atom. The molecule has 1 saturated heterocycles. The number of fused-ring (bicyclic) bond motifs is 1. The number of hydrogen-bond acceptors (Lipinski definition) is 2. The molecule has 1 aliphatic heterocycles. The molecule has 1 fully saturated rings. The van der Waals surface area contributed by atoms with Crippen LogP contribution in [0.25, 0.3) is 5.65 Å². The van der Waals surface area contributed by atoms with E-state index in [4.69, 9.17) is 0 Å². The van der Waals surface area contributed by atoms with E-state index in [2.05, 4.69) is 53.8 Å². The number of aromatic nitrogens is 2. The number of pyridine rings is 1. The molecule has 2 unspecified atom stereocenters. The van der Waals surface area contributed by atoms with Crippen LogP contribution in [0.2, 0.25) is 0 Å². The van der Waals surface area contributed by atoms with Gasteiger partial charge in [0.25, 0.3) is 0 Å². The van der Waals surface area contributed by atoms with Crippen LogP contribution in [0.1, 0.15) is 38.8 Å². The summed E-state index contributed by atoms with van der Waals surface area (Å²) in [6.45, 7) is 7.98. The second-order valence-electron chi connectivity index (χ2n) is 6.37. The molecule has 0 amide bonds. The van der Waals surface area contributed by atoms with Crippen LogP contribution >= 0.6 is 0 Å². The average Bonchev–Trinajstić information content (AvgIpc) is 2.94. The molecular weight excluding hydrogens is 222 g/mol. The van der Waals surface area contributed by atoms with Gasteiger partial charge in [0.2, 0.25) is 0 Å². The van der Waals surface area contributed by atoms with Gasteiger partial charge in [-0.2, -0.15) is 0 Å². The predicted molar refractivity (Wildman–Crippen MR) is 73.8 cm³/mol. The molecule has 2 aromatic heterocycles. The lowest BCUT2D eigenvalue weighted by molar-refractivity contribution is 0.293. The van der Waals surface area contributed by atoms with Gasteiger partial charge in [-0.15, -0.1) is 0 Å². The van der Waals surface area contributed by atoms with Gasteiger partial charge < -0.3 is 9.72 Å². The lowest BCUT2D eigenvalue weighted by atomic mass is 9.84. The minimum atomic E-state index is 0.329. The molecule has 0 spiro atoms. The van der Waals surface area contributed by atoms with Gasteiger partial charge in [0, 0.05) is 36.6 Å². The number of hydrogen-bond donors (Lipinski definition) is 1. The maximum absolute atomic E-state index is 4.49. The normalized spacial score (nSPS) is 24.8. The molecule has 0 bridgehead atoms. The minimum Gasteiger partial charge on any atom is -0.313 e. The predicted octanol–water partition coefficient (Wildman–Crippen LogP) is 2.83. The van der Waals surface area contributed by atoms with Gasteiger partial charge in [-0.05, 0) is 24.0 Å². The summed E-state index contributed by atoms with van der Waals surface area (Å²) < 4.78 is 2.22. The van der Waals surface area contributed by atoms with Crippen LogP contribution in [0.5, 0.6) is 0 Å². The van der Waals surface area contributed by atoms with E-state index in [0.717, 1.165) is 12.2 Å². The summed E-state index contributed by atoms with van der Waals surface area (Å²) in [5.74, 6) is 0.576. The molecule has 2 atom stereocenters. The topological polar surface area (TPSA) is 29.3 Å². The summed E-state index contributed by atoms with van der Waals surface area (Å²) in [4.78, 5) is 4.49. The van der Waals surface area contributed by atoms with Crippen LogP contribution in [-0.4, -0.2) is 22.0 Å². The van der Waals surface area contributed by atoms with Crippen molar-refractivity contribution in [1.82, 2.24) is 14.7 Å². The van der Waals surface area contributed by atoms with Crippen molar-refractivity contribution in [3.63, 3.8) is 0 Å². The highest BCUT2D eigenvalue weighted by Crippen LogP contribution is 2.34. The van der Waals surface area contributed by atoms with Crippen LogP contribution in [0, 0.1) is 5.41 Å². The molecule has 1 aliphatic rings. The molecule has 3 rings (SSSR count). The molecule has 96 valence electrons. The molecule has 3 heteroatoms. The highest BCUT2D eigenvalue weighted by molar-refractivity contribution is 5.41. The monoisotopic (exact) mass is 243 g/mol. The third-order valence-electron chi connectivity index (χ3n) is 4.04. The van der Waals surface area contributed by atoms with E-state index < -0.39 is 0 Å². The molecule has 3 heterocycles. The summed E-state index contributed by atoms with van der Waals surface area (Å²) in [5, 5.41) is 3.66. The largest absolute Gasteiger partial charge is 0.313 e. The number of imidazole rings is 1. The van der Waals surface area contributed by atoms with Crippen molar-refractivity contribution >= 4 is 5.65 Å². The lowest BCUT2D eigenvalue weighted by Gasteiger charge is -2.26. The minimum absolute atomic E-state index is 0.329. The van der Waals surface area contributed by atoms with Crippen LogP contribution in [-0.2, 0) is 0 Å². The van der Waals surface area contributed by atoms with Crippen LogP contribution in [0.3, 0.4) is 0 Å². The Morgan fingerprint density at radius 1 is 1.33 bits per heavy atom. The van der Waals surface area contributed by atoms with Crippen molar-refractivity contribution in [3.05, 3.63) is 36.3 Å². The Kier molecular flexibility index (Phi) is 2.67. The maximum atomic E-state index is 4.49. The van der Waals surface area contributed by atoms with Gasteiger partial charge in [-0.3, -0.25) is 0 Å². The standard InChI is InChI=1S/C15H21N3/c1-15(2,3)13-8-11(9-16-13)12-10-17-14-6-4-5-7-18(12)14/h4-7,10-11,13,16H,8-9H2,1-3H3. The third kappa shape index (κ3) is 1.93. The molecule has 2 aromatic rings. The molecule has 1 N–H and O–H groups in total. The smallest absolute Gasteiger partial charge is 0.136 e. The fraction of sp³-hybridized carbons (Fsp3) is 0.533. The van der Waals surface area contributed by atoms with Crippen LogP contribution in [0.4, 0.5) is 0 Å². The van der Waals surface area contributed by atoms with Crippen LogP contribution < -0.4 is 5.32 Å².